The summed E-state index contributed by atoms with van der Waals surface area (Å²) in [6, 6.07) is 7.64. The Morgan fingerprint density at radius 3 is 2.68 bits per heavy atom. The van der Waals surface area contributed by atoms with Crippen LogP contribution in [0, 0.1) is 0 Å². The molecule has 2 heterocycles. The molecule has 0 saturated heterocycles. The standard InChI is InChI=1S/C14H15N3OS/c1-17(10-12-3-2-6-16-9-12)14(18)11-19-13-4-7-15-8-5-13/h2-9H,10-11H2,1H3. The molecule has 0 spiro atoms. The molecule has 0 saturated carbocycles. The first-order chi connectivity index (χ1) is 9.25. The van der Waals surface area contributed by atoms with E-state index in [2.05, 4.69) is 9.97 Å². The quantitative estimate of drug-likeness (QED) is 0.784. The SMILES string of the molecule is CN(Cc1cccnc1)C(=O)CSc1ccncc1. The number of thioether (sulfide) groups is 1. The Bertz CT molecular complexity index is 519. The van der Waals surface area contributed by atoms with Gasteiger partial charge in [-0.2, -0.15) is 0 Å². The normalized spacial score (nSPS) is 10.2. The molecule has 2 aromatic rings. The lowest BCUT2D eigenvalue weighted by atomic mass is 10.3. The van der Waals surface area contributed by atoms with Crippen LogP contribution in [-0.4, -0.2) is 33.6 Å². The minimum atomic E-state index is 0.102. The molecule has 2 aromatic heterocycles. The highest BCUT2D eigenvalue weighted by molar-refractivity contribution is 8.00. The molecule has 0 atom stereocenters. The summed E-state index contributed by atoms with van der Waals surface area (Å²) in [6.07, 6.45) is 6.96. The maximum Gasteiger partial charge on any atom is 0.232 e. The molecule has 4 nitrogen and oxygen atoms in total. The molecule has 0 fully saturated rings. The van der Waals surface area contributed by atoms with Gasteiger partial charge >= 0.3 is 0 Å². The van der Waals surface area contributed by atoms with Crippen molar-refractivity contribution in [3.63, 3.8) is 0 Å². The molecule has 19 heavy (non-hydrogen) atoms. The highest BCUT2D eigenvalue weighted by Gasteiger charge is 2.09. The summed E-state index contributed by atoms with van der Waals surface area (Å²) in [4.78, 5) is 22.7. The number of aromatic nitrogens is 2. The fourth-order valence-corrected chi connectivity index (χ4v) is 2.37. The first kappa shape index (κ1) is 13.5. The van der Waals surface area contributed by atoms with Gasteiger partial charge in [-0.05, 0) is 23.8 Å². The van der Waals surface area contributed by atoms with E-state index < -0.39 is 0 Å². The summed E-state index contributed by atoms with van der Waals surface area (Å²) in [5, 5.41) is 0. The van der Waals surface area contributed by atoms with Crippen LogP contribution in [0.1, 0.15) is 5.56 Å². The Kier molecular flexibility index (Phi) is 4.92. The second kappa shape index (κ2) is 6.89. The zero-order valence-corrected chi connectivity index (χ0v) is 11.5. The minimum Gasteiger partial charge on any atom is -0.341 e. The summed E-state index contributed by atoms with van der Waals surface area (Å²) in [5.74, 6) is 0.534. The monoisotopic (exact) mass is 273 g/mol. The molecule has 0 aliphatic carbocycles. The van der Waals surface area contributed by atoms with Crippen molar-refractivity contribution in [3.05, 3.63) is 54.6 Å². The van der Waals surface area contributed by atoms with Gasteiger partial charge in [0.25, 0.3) is 0 Å². The van der Waals surface area contributed by atoms with E-state index in [1.807, 2.05) is 31.3 Å². The fraction of sp³-hybridized carbons (Fsp3) is 0.214. The van der Waals surface area contributed by atoms with Crippen molar-refractivity contribution < 1.29 is 4.79 Å². The Labute approximate surface area is 116 Å². The number of rotatable bonds is 5. The number of hydrogen-bond donors (Lipinski definition) is 0. The van der Waals surface area contributed by atoms with E-state index >= 15 is 0 Å². The van der Waals surface area contributed by atoms with Crippen LogP contribution in [-0.2, 0) is 11.3 Å². The van der Waals surface area contributed by atoms with Crippen molar-refractivity contribution >= 4 is 17.7 Å². The van der Waals surface area contributed by atoms with Crippen LogP contribution >= 0.6 is 11.8 Å². The molecule has 0 bridgehead atoms. The third-order valence-corrected chi connectivity index (χ3v) is 3.58. The topological polar surface area (TPSA) is 46.1 Å². The Morgan fingerprint density at radius 2 is 2.00 bits per heavy atom. The van der Waals surface area contributed by atoms with Gasteiger partial charge in [0.05, 0.1) is 5.75 Å². The minimum absolute atomic E-state index is 0.102. The molecule has 2 rings (SSSR count). The highest BCUT2D eigenvalue weighted by Crippen LogP contribution is 2.16. The zero-order valence-electron chi connectivity index (χ0n) is 10.7. The van der Waals surface area contributed by atoms with Crippen LogP contribution < -0.4 is 0 Å². The van der Waals surface area contributed by atoms with Crippen LogP contribution in [0.2, 0.25) is 0 Å². The Hall–Kier alpha value is -1.88. The lowest BCUT2D eigenvalue weighted by molar-refractivity contribution is -0.127. The highest BCUT2D eigenvalue weighted by atomic mass is 32.2. The summed E-state index contributed by atoms with van der Waals surface area (Å²) < 4.78 is 0. The number of pyridine rings is 2. The fourth-order valence-electron chi connectivity index (χ4n) is 1.54. The summed E-state index contributed by atoms with van der Waals surface area (Å²) >= 11 is 1.52. The van der Waals surface area contributed by atoms with Gasteiger partial charge in [-0.15, -0.1) is 11.8 Å². The molecule has 0 aliphatic heterocycles. The van der Waals surface area contributed by atoms with Gasteiger partial charge in [-0.1, -0.05) is 6.07 Å². The Morgan fingerprint density at radius 1 is 1.21 bits per heavy atom. The number of hydrogen-bond acceptors (Lipinski definition) is 4. The predicted octanol–water partition coefficient (Wildman–Crippen LogP) is 2.23. The molecule has 0 aromatic carbocycles. The number of carbonyl (C=O) groups excluding carboxylic acids is 1. The van der Waals surface area contributed by atoms with E-state index in [9.17, 15) is 4.79 Å². The van der Waals surface area contributed by atoms with Gasteiger partial charge in [-0.25, -0.2) is 0 Å². The number of nitrogens with zero attached hydrogens (tertiary/aromatic N) is 3. The molecule has 0 N–H and O–H groups in total. The van der Waals surface area contributed by atoms with E-state index in [4.69, 9.17) is 0 Å². The molecule has 0 unspecified atom stereocenters. The first-order valence-corrected chi connectivity index (χ1v) is 6.90. The summed E-state index contributed by atoms with van der Waals surface area (Å²) in [5.41, 5.74) is 1.03. The van der Waals surface area contributed by atoms with Crippen molar-refractivity contribution in [2.45, 2.75) is 11.4 Å². The second-order valence-corrected chi connectivity index (χ2v) is 5.13. The first-order valence-electron chi connectivity index (χ1n) is 5.91. The van der Waals surface area contributed by atoms with Crippen molar-refractivity contribution in [1.29, 1.82) is 0 Å². The van der Waals surface area contributed by atoms with E-state index in [-0.39, 0.29) is 5.91 Å². The molecular formula is C14H15N3OS. The zero-order chi connectivity index (χ0) is 13.5. The third-order valence-electron chi connectivity index (χ3n) is 2.58. The van der Waals surface area contributed by atoms with Gasteiger partial charge in [0.1, 0.15) is 0 Å². The predicted molar refractivity (Wildman–Crippen MR) is 75.7 cm³/mol. The van der Waals surface area contributed by atoms with E-state index in [0.717, 1.165) is 10.5 Å². The maximum atomic E-state index is 12.0. The average molecular weight is 273 g/mol. The molecule has 0 aliphatic rings. The third kappa shape index (κ3) is 4.37. The van der Waals surface area contributed by atoms with E-state index in [1.165, 1.54) is 11.8 Å². The van der Waals surface area contributed by atoms with Crippen LogP contribution in [0.3, 0.4) is 0 Å². The van der Waals surface area contributed by atoms with Crippen LogP contribution in [0.5, 0.6) is 0 Å². The van der Waals surface area contributed by atoms with Gasteiger partial charge in [-0.3, -0.25) is 14.8 Å². The van der Waals surface area contributed by atoms with Crippen molar-refractivity contribution in [1.82, 2.24) is 14.9 Å². The van der Waals surface area contributed by atoms with Crippen LogP contribution in [0.25, 0.3) is 0 Å². The van der Waals surface area contributed by atoms with Crippen molar-refractivity contribution in [2.24, 2.45) is 0 Å². The molecule has 1 amide bonds. The molecule has 98 valence electrons. The van der Waals surface area contributed by atoms with E-state index in [1.54, 1.807) is 29.7 Å². The van der Waals surface area contributed by atoms with Crippen LogP contribution in [0.15, 0.2) is 53.9 Å². The maximum absolute atomic E-state index is 12.0. The lowest BCUT2D eigenvalue weighted by Crippen LogP contribution is -2.27. The number of amides is 1. The number of carbonyl (C=O) groups is 1. The smallest absolute Gasteiger partial charge is 0.232 e. The van der Waals surface area contributed by atoms with E-state index in [0.29, 0.717) is 12.3 Å². The molecule has 5 heteroatoms. The van der Waals surface area contributed by atoms with Gasteiger partial charge < -0.3 is 4.90 Å². The molecular weight excluding hydrogens is 258 g/mol. The summed E-state index contributed by atoms with van der Waals surface area (Å²) in [6.45, 7) is 0.587. The largest absolute Gasteiger partial charge is 0.341 e. The summed E-state index contributed by atoms with van der Waals surface area (Å²) in [7, 11) is 1.81. The second-order valence-electron chi connectivity index (χ2n) is 4.08. The molecule has 0 radical (unpaired) electrons. The Balaban J connectivity index is 1.83. The van der Waals surface area contributed by atoms with Gasteiger partial charge in [0, 0.05) is 43.3 Å². The van der Waals surface area contributed by atoms with Gasteiger partial charge in [0.15, 0.2) is 0 Å². The van der Waals surface area contributed by atoms with Gasteiger partial charge in [0.2, 0.25) is 5.91 Å². The van der Waals surface area contributed by atoms with Crippen molar-refractivity contribution in [3.8, 4) is 0 Å². The van der Waals surface area contributed by atoms with Crippen molar-refractivity contribution in [2.75, 3.05) is 12.8 Å². The van der Waals surface area contributed by atoms with Crippen LogP contribution in [0.4, 0.5) is 0 Å². The lowest BCUT2D eigenvalue weighted by Gasteiger charge is -2.16. The average Bonchev–Trinajstić information content (AvgIpc) is 2.47.